The maximum Gasteiger partial charge on any atom is 0.127 e. The van der Waals surface area contributed by atoms with Gasteiger partial charge >= 0.3 is 0 Å². The molecule has 18 heavy (non-hydrogen) atoms. The van der Waals surface area contributed by atoms with Crippen molar-refractivity contribution in [3.05, 3.63) is 11.5 Å². The van der Waals surface area contributed by atoms with Gasteiger partial charge in [0.25, 0.3) is 0 Å². The van der Waals surface area contributed by atoms with Gasteiger partial charge in [0.05, 0.1) is 5.69 Å². The third kappa shape index (κ3) is 2.40. The Kier molecular flexibility index (Phi) is 3.98. The van der Waals surface area contributed by atoms with Gasteiger partial charge in [0, 0.05) is 12.0 Å². The molecule has 3 heteroatoms. The minimum Gasteiger partial charge on any atom is -0.384 e. The lowest BCUT2D eigenvalue weighted by atomic mass is 9.88. The summed E-state index contributed by atoms with van der Waals surface area (Å²) in [4.78, 5) is 4.89. The quantitative estimate of drug-likeness (QED) is 0.871. The largest absolute Gasteiger partial charge is 0.384 e. The number of anilines is 1. The fraction of sp³-hybridized carbons (Fsp3) is 0.800. The predicted octanol–water partition coefficient (Wildman–Crippen LogP) is 4.22. The zero-order valence-corrected chi connectivity index (χ0v) is 12.2. The number of hydrogen-bond acceptors (Lipinski definition) is 2. The lowest BCUT2D eigenvalue weighted by molar-refractivity contribution is 0.407. The number of hydrogen-bond donors (Lipinski definition) is 1. The lowest BCUT2D eigenvalue weighted by Crippen LogP contribution is -2.15. The zero-order chi connectivity index (χ0) is 13.3. The molecule has 1 aliphatic carbocycles. The van der Waals surface area contributed by atoms with Gasteiger partial charge in [0.1, 0.15) is 11.6 Å². The normalized spacial score (nSPS) is 17.9. The minimum atomic E-state index is 0.405. The topological polar surface area (TPSA) is 43.8 Å². The van der Waals surface area contributed by atoms with E-state index in [0.717, 1.165) is 11.5 Å². The molecule has 0 aromatic carbocycles. The highest BCUT2D eigenvalue weighted by molar-refractivity contribution is 5.41. The maximum atomic E-state index is 6.31. The number of nitrogen functional groups attached to an aromatic ring is 1. The Bertz CT molecular complexity index is 398. The van der Waals surface area contributed by atoms with Gasteiger partial charge in [0.2, 0.25) is 0 Å². The molecule has 3 nitrogen and oxygen atoms in total. The van der Waals surface area contributed by atoms with E-state index in [1.54, 1.807) is 0 Å². The number of imidazole rings is 1. The van der Waals surface area contributed by atoms with E-state index >= 15 is 0 Å². The average Bonchev–Trinajstić information content (AvgIpc) is 2.68. The standard InChI is InChI=1S/C15H27N3/c1-10(2)13-14(16)18(11(3)4)15(17-13)12-8-6-5-7-9-12/h10-12H,5-9,16H2,1-4H3. The first-order valence-corrected chi connectivity index (χ1v) is 7.39. The molecule has 102 valence electrons. The summed E-state index contributed by atoms with van der Waals surface area (Å²) in [6.07, 6.45) is 6.62. The summed E-state index contributed by atoms with van der Waals surface area (Å²) in [6, 6.07) is 0.405. The van der Waals surface area contributed by atoms with Crippen molar-refractivity contribution in [3.63, 3.8) is 0 Å². The smallest absolute Gasteiger partial charge is 0.127 e. The van der Waals surface area contributed by atoms with Gasteiger partial charge in [-0.15, -0.1) is 0 Å². The highest BCUT2D eigenvalue weighted by Gasteiger charge is 2.25. The van der Waals surface area contributed by atoms with Crippen LogP contribution in [0.3, 0.4) is 0 Å². The molecule has 0 saturated heterocycles. The van der Waals surface area contributed by atoms with E-state index in [0.29, 0.717) is 17.9 Å². The van der Waals surface area contributed by atoms with E-state index in [1.165, 1.54) is 37.9 Å². The molecule has 1 saturated carbocycles. The molecule has 1 heterocycles. The summed E-state index contributed by atoms with van der Waals surface area (Å²) in [6.45, 7) is 8.75. The van der Waals surface area contributed by atoms with Gasteiger partial charge in [0.15, 0.2) is 0 Å². The van der Waals surface area contributed by atoms with Crippen LogP contribution in [0, 0.1) is 0 Å². The second-order valence-corrected chi connectivity index (χ2v) is 6.19. The third-order valence-electron chi connectivity index (χ3n) is 4.04. The number of nitrogens with zero attached hydrogens (tertiary/aromatic N) is 2. The van der Waals surface area contributed by atoms with Crippen molar-refractivity contribution in [1.82, 2.24) is 9.55 Å². The number of rotatable bonds is 3. The molecule has 0 bridgehead atoms. The van der Waals surface area contributed by atoms with Crippen molar-refractivity contribution in [2.75, 3.05) is 5.73 Å². The van der Waals surface area contributed by atoms with Crippen LogP contribution in [0.25, 0.3) is 0 Å². The molecule has 0 amide bonds. The first-order chi connectivity index (χ1) is 8.52. The van der Waals surface area contributed by atoms with Gasteiger partial charge in [-0.2, -0.15) is 0 Å². The molecule has 1 fully saturated rings. The Labute approximate surface area is 111 Å². The summed E-state index contributed by atoms with van der Waals surface area (Å²) in [5.74, 6) is 3.16. The van der Waals surface area contributed by atoms with Crippen molar-refractivity contribution < 1.29 is 0 Å². The van der Waals surface area contributed by atoms with Crippen LogP contribution >= 0.6 is 0 Å². The van der Waals surface area contributed by atoms with Crippen LogP contribution in [-0.2, 0) is 0 Å². The number of nitrogens with two attached hydrogens (primary N) is 1. The highest BCUT2D eigenvalue weighted by atomic mass is 15.2. The SMILES string of the molecule is CC(C)c1nc(C2CCCCC2)n(C(C)C)c1N. The van der Waals surface area contributed by atoms with Crippen LogP contribution in [0.2, 0.25) is 0 Å². The molecule has 0 radical (unpaired) electrons. The summed E-state index contributed by atoms with van der Waals surface area (Å²) < 4.78 is 2.27. The average molecular weight is 249 g/mol. The summed E-state index contributed by atoms with van der Waals surface area (Å²) in [5.41, 5.74) is 7.40. The highest BCUT2D eigenvalue weighted by Crippen LogP contribution is 2.36. The van der Waals surface area contributed by atoms with Crippen molar-refractivity contribution >= 4 is 5.82 Å². The lowest BCUT2D eigenvalue weighted by Gasteiger charge is -2.24. The van der Waals surface area contributed by atoms with Gasteiger partial charge in [-0.05, 0) is 32.6 Å². The fourth-order valence-corrected chi connectivity index (χ4v) is 3.10. The Morgan fingerprint density at radius 2 is 1.72 bits per heavy atom. The van der Waals surface area contributed by atoms with Gasteiger partial charge in [-0.25, -0.2) is 4.98 Å². The number of aromatic nitrogens is 2. The van der Waals surface area contributed by atoms with Gasteiger partial charge in [-0.1, -0.05) is 33.1 Å². The Morgan fingerprint density at radius 3 is 2.22 bits per heavy atom. The van der Waals surface area contributed by atoms with Crippen LogP contribution in [0.4, 0.5) is 5.82 Å². The van der Waals surface area contributed by atoms with Crippen LogP contribution in [-0.4, -0.2) is 9.55 Å². The van der Waals surface area contributed by atoms with Crippen LogP contribution in [0.1, 0.15) is 89.2 Å². The minimum absolute atomic E-state index is 0.405. The van der Waals surface area contributed by atoms with Crippen molar-refractivity contribution in [2.24, 2.45) is 0 Å². The van der Waals surface area contributed by atoms with Crippen molar-refractivity contribution in [2.45, 2.75) is 77.7 Å². The second kappa shape index (κ2) is 5.33. The molecule has 0 atom stereocenters. The molecular formula is C15H27N3. The Balaban J connectivity index is 2.41. The van der Waals surface area contributed by atoms with E-state index in [-0.39, 0.29) is 0 Å². The molecule has 1 aliphatic rings. The molecule has 1 aromatic heterocycles. The fourth-order valence-electron chi connectivity index (χ4n) is 3.10. The Morgan fingerprint density at radius 1 is 1.11 bits per heavy atom. The van der Waals surface area contributed by atoms with Crippen LogP contribution in [0.15, 0.2) is 0 Å². The maximum absolute atomic E-state index is 6.31. The van der Waals surface area contributed by atoms with Gasteiger partial charge in [-0.3, -0.25) is 0 Å². The predicted molar refractivity (Wildman–Crippen MR) is 76.9 cm³/mol. The van der Waals surface area contributed by atoms with Crippen molar-refractivity contribution in [1.29, 1.82) is 0 Å². The van der Waals surface area contributed by atoms with E-state index < -0.39 is 0 Å². The first kappa shape index (κ1) is 13.4. The van der Waals surface area contributed by atoms with E-state index in [9.17, 15) is 0 Å². The first-order valence-electron chi connectivity index (χ1n) is 7.39. The van der Waals surface area contributed by atoms with Crippen molar-refractivity contribution in [3.8, 4) is 0 Å². The van der Waals surface area contributed by atoms with E-state index in [2.05, 4.69) is 32.3 Å². The molecular weight excluding hydrogens is 222 g/mol. The van der Waals surface area contributed by atoms with Crippen LogP contribution < -0.4 is 5.73 Å². The third-order valence-corrected chi connectivity index (χ3v) is 4.04. The molecule has 0 unspecified atom stereocenters. The van der Waals surface area contributed by atoms with E-state index in [1.807, 2.05) is 0 Å². The molecule has 2 N–H and O–H groups in total. The molecule has 0 spiro atoms. The molecule has 0 aliphatic heterocycles. The summed E-state index contributed by atoms with van der Waals surface area (Å²) in [7, 11) is 0. The summed E-state index contributed by atoms with van der Waals surface area (Å²) in [5, 5.41) is 0. The van der Waals surface area contributed by atoms with Gasteiger partial charge < -0.3 is 10.3 Å². The van der Waals surface area contributed by atoms with E-state index in [4.69, 9.17) is 10.7 Å². The Hall–Kier alpha value is -0.990. The molecule has 2 rings (SSSR count). The zero-order valence-electron chi connectivity index (χ0n) is 12.2. The molecule has 1 aromatic rings. The monoisotopic (exact) mass is 249 g/mol. The summed E-state index contributed by atoms with van der Waals surface area (Å²) >= 11 is 0. The second-order valence-electron chi connectivity index (χ2n) is 6.19. The van der Waals surface area contributed by atoms with Crippen LogP contribution in [0.5, 0.6) is 0 Å².